The highest BCUT2D eigenvalue weighted by atomic mass is 35.5. The molecule has 1 amide bonds. The van der Waals surface area contributed by atoms with E-state index in [0.717, 1.165) is 10.6 Å². The predicted octanol–water partition coefficient (Wildman–Crippen LogP) is 1.79. The third kappa shape index (κ3) is 3.70. The van der Waals surface area contributed by atoms with Crippen LogP contribution in [0, 0.1) is 5.92 Å². The smallest absolute Gasteiger partial charge is 0.238 e. The van der Waals surface area contributed by atoms with Crippen molar-refractivity contribution in [3.05, 3.63) is 34.9 Å². The number of benzene rings is 1. The highest BCUT2D eigenvalue weighted by Gasteiger charge is 2.23. The molecule has 0 aromatic heterocycles. The van der Waals surface area contributed by atoms with E-state index in [4.69, 9.17) is 17.4 Å². The highest BCUT2D eigenvalue weighted by molar-refractivity contribution is 6.31. The third-order valence-electron chi connectivity index (χ3n) is 3.35. The number of hydrogen-bond donors (Lipinski definition) is 2. The van der Waals surface area contributed by atoms with Crippen molar-refractivity contribution < 1.29 is 4.79 Å². The number of carbonyl (C=O) groups is 1. The molecule has 1 rings (SSSR count). The number of nitrogens with one attached hydrogen (secondary N) is 1. The van der Waals surface area contributed by atoms with Gasteiger partial charge in [-0.1, -0.05) is 36.7 Å². The maximum Gasteiger partial charge on any atom is 0.238 e. The van der Waals surface area contributed by atoms with E-state index in [-0.39, 0.29) is 17.9 Å². The van der Waals surface area contributed by atoms with Crippen molar-refractivity contribution in [1.82, 2.24) is 10.3 Å². The molecule has 100 valence electrons. The topological polar surface area (TPSA) is 58.4 Å². The number of carbonyl (C=O) groups excluding carboxylic acids is 1. The molecule has 5 heteroatoms. The molecule has 2 unspecified atom stereocenters. The second-order valence-electron chi connectivity index (χ2n) is 4.54. The van der Waals surface area contributed by atoms with Crippen molar-refractivity contribution in [3.8, 4) is 0 Å². The van der Waals surface area contributed by atoms with E-state index in [9.17, 15) is 4.79 Å². The molecule has 2 atom stereocenters. The summed E-state index contributed by atoms with van der Waals surface area (Å²) in [7, 11) is 1.97. The van der Waals surface area contributed by atoms with Crippen LogP contribution in [0.25, 0.3) is 0 Å². The second-order valence-corrected chi connectivity index (χ2v) is 4.95. The monoisotopic (exact) mass is 269 g/mol. The number of nitrogens with two attached hydrogens (primary N) is 1. The summed E-state index contributed by atoms with van der Waals surface area (Å²) in [6, 6.07) is 7.78. The molecule has 3 N–H and O–H groups in total. The molecular weight excluding hydrogens is 250 g/mol. The first kappa shape index (κ1) is 15.0. The van der Waals surface area contributed by atoms with Crippen LogP contribution in [0.15, 0.2) is 24.3 Å². The first-order chi connectivity index (χ1) is 8.47. The fourth-order valence-corrected chi connectivity index (χ4v) is 1.97. The lowest BCUT2D eigenvalue weighted by Crippen LogP contribution is -2.44. The molecule has 0 aliphatic rings. The van der Waals surface area contributed by atoms with Crippen molar-refractivity contribution in [2.45, 2.75) is 26.4 Å². The molecule has 1 aromatic carbocycles. The van der Waals surface area contributed by atoms with Gasteiger partial charge in [0.15, 0.2) is 0 Å². The molecular formula is C13H20ClN3O. The number of rotatable bonds is 5. The van der Waals surface area contributed by atoms with E-state index < -0.39 is 0 Å². The Labute approximate surface area is 113 Å². The Morgan fingerprint density at radius 3 is 2.61 bits per heavy atom. The molecule has 4 nitrogen and oxygen atoms in total. The summed E-state index contributed by atoms with van der Waals surface area (Å²) in [5.74, 6) is 4.81. The van der Waals surface area contributed by atoms with Crippen molar-refractivity contribution in [1.29, 1.82) is 0 Å². The third-order valence-corrected chi connectivity index (χ3v) is 3.72. The van der Waals surface area contributed by atoms with Gasteiger partial charge < -0.3 is 0 Å². The zero-order valence-corrected chi connectivity index (χ0v) is 11.7. The van der Waals surface area contributed by atoms with Gasteiger partial charge in [0.25, 0.3) is 0 Å². The van der Waals surface area contributed by atoms with Crippen LogP contribution in [0.1, 0.15) is 19.4 Å². The first-order valence-corrected chi connectivity index (χ1v) is 6.29. The van der Waals surface area contributed by atoms with Gasteiger partial charge in [0.1, 0.15) is 0 Å². The molecule has 0 radical (unpaired) electrons. The van der Waals surface area contributed by atoms with Crippen LogP contribution < -0.4 is 11.3 Å². The van der Waals surface area contributed by atoms with Crippen LogP contribution in [0.5, 0.6) is 0 Å². The zero-order valence-electron chi connectivity index (χ0n) is 11.0. The van der Waals surface area contributed by atoms with Gasteiger partial charge in [-0.3, -0.25) is 15.1 Å². The molecule has 0 saturated heterocycles. The fourth-order valence-electron chi connectivity index (χ4n) is 1.77. The fraction of sp³-hybridized carbons (Fsp3) is 0.462. The largest absolute Gasteiger partial charge is 0.299 e. The standard InChI is InChI=1S/C13H20ClN3O/c1-9(13(18)16-15)10(2)17(3)8-11-6-4-5-7-12(11)14/h4-7,9-10H,8,15H2,1-3H3,(H,16,18). The SMILES string of the molecule is CC(C(=O)NN)C(C)N(C)Cc1ccccc1Cl. The quantitative estimate of drug-likeness (QED) is 0.487. The van der Waals surface area contributed by atoms with E-state index >= 15 is 0 Å². The van der Waals surface area contributed by atoms with Gasteiger partial charge in [0.05, 0.1) is 5.92 Å². The van der Waals surface area contributed by atoms with Crippen molar-refractivity contribution >= 4 is 17.5 Å². The molecule has 0 spiro atoms. The maximum atomic E-state index is 11.5. The Hall–Kier alpha value is -1.10. The summed E-state index contributed by atoms with van der Waals surface area (Å²) in [4.78, 5) is 13.6. The zero-order chi connectivity index (χ0) is 13.7. The number of amides is 1. The molecule has 18 heavy (non-hydrogen) atoms. The summed E-state index contributed by atoms with van der Waals surface area (Å²) < 4.78 is 0. The van der Waals surface area contributed by atoms with E-state index in [2.05, 4.69) is 10.3 Å². The molecule has 0 aliphatic carbocycles. The summed E-state index contributed by atoms with van der Waals surface area (Å²) >= 11 is 6.12. The summed E-state index contributed by atoms with van der Waals surface area (Å²) in [6.45, 7) is 4.55. The van der Waals surface area contributed by atoms with E-state index in [1.807, 2.05) is 45.2 Å². The van der Waals surface area contributed by atoms with Crippen molar-refractivity contribution in [2.24, 2.45) is 11.8 Å². The Morgan fingerprint density at radius 1 is 1.44 bits per heavy atom. The lowest BCUT2D eigenvalue weighted by molar-refractivity contribution is -0.126. The number of hydrazine groups is 1. The number of nitrogens with zero attached hydrogens (tertiary/aromatic N) is 1. The van der Waals surface area contributed by atoms with Gasteiger partial charge in [-0.05, 0) is 25.6 Å². The van der Waals surface area contributed by atoms with Crippen LogP contribution in [-0.2, 0) is 11.3 Å². The molecule has 0 fully saturated rings. The van der Waals surface area contributed by atoms with E-state index in [0.29, 0.717) is 6.54 Å². The van der Waals surface area contributed by atoms with Crippen LogP contribution in [0.3, 0.4) is 0 Å². The van der Waals surface area contributed by atoms with Crippen molar-refractivity contribution in [2.75, 3.05) is 7.05 Å². The Balaban J connectivity index is 2.68. The highest BCUT2D eigenvalue weighted by Crippen LogP contribution is 2.19. The average Bonchev–Trinajstić information content (AvgIpc) is 2.38. The summed E-state index contributed by atoms with van der Waals surface area (Å²) in [6.07, 6.45) is 0. The van der Waals surface area contributed by atoms with Gasteiger partial charge in [-0.15, -0.1) is 0 Å². The second kappa shape index (κ2) is 6.73. The average molecular weight is 270 g/mol. The van der Waals surface area contributed by atoms with Crippen LogP contribution in [0.2, 0.25) is 5.02 Å². The van der Waals surface area contributed by atoms with E-state index in [1.165, 1.54) is 0 Å². The first-order valence-electron chi connectivity index (χ1n) is 5.91. The maximum absolute atomic E-state index is 11.5. The molecule has 0 saturated carbocycles. The summed E-state index contributed by atoms with van der Waals surface area (Å²) in [5.41, 5.74) is 3.23. The van der Waals surface area contributed by atoms with Gasteiger partial charge in [0, 0.05) is 17.6 Å². The van der Waals surface area contributed by atoms with Gasteiger partial charge >= 0.3 is 0 Å². The van der Waals surface area contributed by atoms with Gasteiger partial charge in [-0.25, -0.2) is 5.84 Å². The van der Waals surface area contributed by atoms with E-state index in [1.54, 1.807) is 0 Å². The normalized spacial score (nSPS) is 14.3. The number of halogens is 1. The van der Waals surface area contributed by atoms with Crippen molar-refractivity contribution in [3.63, 3.8) is 0 Å². The Bertz CT molecular complexity index is 411. The molecule has 1 aromatic rings. The molecule has 0 bridgehead atoms. The van der Waals surface area contributed by atoms with Crippen LogP contribution >= 0.6 is 11.6 Å². The minimum Gasteiger partial charge on any atom is -0.299 e. The lowest BCUT2D eigenvalue weighted by atomic mass is 10.0. The predicted molar refractivity (Wildman–Crippen MR) is 73.9 cm³/mol. The van der Waals surface area contributed by atoms with Crippen LogP contribution in [-0.4, -0.2) is 23.9 Å². The summed E-state index contributed by atoms with van der Waals surface area (Å²) in [5, 5.41) is 0.743. The Kier molecular flexibility index (Phi) is 5.59. The van der Waals surface area contributed by atoms with Gasteiger partial charge in [-0.2, -0.15) is 0 Å². The minimum absolute atomic E-state index is 0.0739. The minimum atomic E-state index is -0.178. The Morgan fingerprint density at radius 2 is 2.06 bits per heavy atom. The number of hydrogen-bond acceptors (Lipinski definition) is 3. The molecule has 0 aliphatic heterocycles. The van der Waals surface area contributed by atoms with Crippen LogP contribution in [0.4, 0.5) is 0 Å². The lowest BCUT2D eigenvalue weighted by Gasteiger charge is -2.29. The molecule has 0 heterocycles. The van der Waals surface area contributed by atoms with Gasteiger partial charge in [0.2, 0.25) is 5.91 Å².